The number of hydrogen-bond donors (Lipinski definition) is 1. The number of ether oxygens (including phenoxy) is 1. The molecule has 0 aliphatic rings. The van der Waals surface area contributed by atoms with Crippen LogP contribution in [0.3, 0.4) is 0 Å². The van der Waals surface area contributed by atoms with Crippen LogP contribution in [0, 0.1) is 5.41 Å². The highest BCUT2D eigenvalue weighted by Gasteiger charge is 2.17. The first-order valence-electron chi connectivity index (χ1n) is 5.32. The fourth-order valence-corrected chi connectivity index (χ4v) is 1.65. The van der Waals surface area contributed by atoms with Crippen molar-refractivity contribution in [3.8, 4) is 5.75 Å². The largest absolute Gasteiger partial charge is 0.497 e. The van der Waals surface area contributed by atoms with E-state index in [2.05, 4.69) is 26.8 Å². The Balaban J connectivity index is 2.77. The fraction of sp³-hybridized carbons (Fsp3) is 0.538. The molecule has 0 saturated carbocycles. The van der Waals surface area contributed by atoms with Crippen molar-refractivity contribution in [2.24, 2.45) is 11.1 Å². The molecule has 84 valence electrons. The van der Waals surface area contributed by atoms with Crippen LogP contribution >= 0.6 is 0 Å². The van der Waals surface area contributed by atoms with Gasteiger partial charge in [-0.3, -0.25) is 0 Å². The highest BCUT2D eigenvalue weighted by molar-refractivity contribution is 5.30. The predicted molar refractivity (Wildman–Crippen MR) is 64.0 cm³/mol. The van der Waals surface area contributed by atoms with Gasteiger partial charge in [0.25, 0.3) is 0 Å². The van der Waals surface area contributed by atoms with Crippen molar-refractivity contribution >= 4 is 0 Å². The summed E-state index contributed by atoms with van der Waals surface area (Å²) >= 11 is 0. The van der Waals surface area contributed by atoms with Gasteiger partial charge in [-0.15, -0.1) is 0 Å². The topological polar surface area (TPSA) is 35.2 Å². The van der Waals surface area contributed by atoms with E-state index in [-0.39, 0.29) is 11.5 Å². The molecule has 0 radical (unpaired) electrons. The van der Waals surface area contributed by atoms with E-state index in [1.165, 1.54) is 0 Å². The standard InChI is InChI=1S/C13H21NO/c1-13(2,3)9-12(14)10-6-5-7-11(8-10)15-4/h5-8,12H,9,14H2,1-4H3. The highest BCUT2D eigenvalue weighted by atomic mass is 16.5. The number of hydrogen-bond acceptors (Lipinski definition) is 2. The monoisotopic (exact) mass is 207 g/mol. The third-order valence-electron chi connectivity index (χ3n) is 2.35. The molecule has 15 heavy (non-hydrogen) atoms. The van der Waals surface area contributed by atoms with Crippen LogP contribution in [-0.2, 0) is 0 Å². The summed E-state index contributed by atoms with van der Waals surface area (Å²) in [6.45, 7) is 6.60. The second-order valence-corrected chi connectivity index (χ2v) is 5.15. The van der Waals surface area contributed by atoms with E-state index in [0.717, 1.165) is 17.7 Å². The molecular formula is C13H21NO. The van der Waals surface area contributed by atoms with Crippen LogP contribution < -0.4 is 10.5 Å². The molecule has 1 atom stereocenters. The van der Waals surface area contributed by atoms with Gasteiger partial charge >= 0.3 is 0 Å². The third kappa shape index (κ3) is 3.92. The van der Waals surface area contributed by atoms with Gasteiger partial charge in [-0.2, -0.15) is 0 Å². The maximum absolute atomic E-state index is 6.15. The second kappa shape index (κ2) is 4.67. The van der Waals surface area contributed by atoms with Crippen LogP contribution in [0.25, 0.3) is 0 Å². The number of benzene rings is 1. The molecule has 1 unspecified atom stereocenters. The summed E-state index contributed by atoms with van der Waals surface area (Å²) in [5, 5.41) is 0. The first kappa shape index (κ1) is 12.1. The van der Waals surface area contributed by atoms with Gasteiger partial charge in [0.05, 0.1) is 7.11 Å². The zero-order valence-electron chi connectivity index (χ0n) is 10.1. The predicted octanol–water partition coefficient (Wildman–Crippen LogP) is 3.13. The summed E-state index contributed by atoms with van der Waals surface area (Å²) in [6.07, 6.45) is 0.972. The Morgan fingerprint density at radius 1 is 1.33 bits per heavy atom. The average Bonchev–Trinajstić information content (AvgIpc) is 2.15. The van der Waals surface area contributed by atoms with E-state index in [0.29, 0.717) is 0 Å². The zero-order chi connectivity index (χ0) is 11.5. The smallest absolute Gasteiger partial charge is 0.119 e. The van der Waals surface area contributed by atoms with Gasteiger partial charge in [0.2, 0.25) is 0 Å². The van der Waals surface area contributed by atoms with E-state index in [1.54, 1.807) is 7.11 Å². The second-order valence-electron chi connectivity index (χ2n) is 5.15. The van der Waals surface area contributed by atoms with Gasteiger partial charge in [0, 0.05) is 6.04 Å². The van der Waals surface area contributed by atoms with Gasteiger partial charge < -0.3 is 10.5 Å². The summed E-state index contributed by atoms with van der Waals surface area (Å²) in [5.74, 6) is 0.872. The van der Waals surface area contributed by atoms with Gasteiger partial charge in [-0.05, 0) is 29.5 Å². The fourth-order valence-electron chi connectivity index (χ4n) is 1.65. The molecule has 1 rings (SSSR count). The van der Waals surface area contributed by atoms with Crippen LogP contribution in [-0.4, -0.2) is 7.11 Å². The SMILES string of the molecule is COc1cccc(C(N)CC(C)(C)C)c1. The lowest BCUT2D eigenvalue weighted by molar-refractivity contribution is 0.342. The molecule has 0 spiro atoms. The van der Waals surface area contributed by atoms with Gasteiger partial charge in [-0.25, -0.2) is 0 Å². The summed E-state index contributed by atoms with van der Waals surface area (Å²) in [5.41, 5.74) is 7.54. The van der Waals surface area contributed by atoms with Gasteiger partial charge in [-0.1, -0.05) is 32.9 Å². The minimum atomic E-state index is 0.0834. The minimum Gasteiger partial charge on any atom is -0.497 e. The van der Waals surface area contributed by atoms with Crippen molar-refractivity contribution < 1.29 is 4.74 Å². The highest BCUT2D eigenvalue weighted by Crippen LogP contribution is 2.28. The molecule has 0 aliphatic heterocycles. The summed E-state index contributed by atoms with van der Waals surface area (Å²) in [6, 6.07) is 8.07. The number of nitrogens with two attached hydrogens (primary N) is 1. The first-order valence-corrected chi connectivity index (χ1v) is 5.32. The molecule has 0 bridgehead atoms. The van der Waals surface area contributed by atoms with E-state index >= 15 is 0 Å². The Labute approximate surface area is 92.4 Å². The molecule has 0 aliphatic carbocycles. The molecule has 0 saturated heterocycles. The van der Waals surface area contributed by atoms with Crippen LogP contribution in [0.4, 0.5) is 0 Å². The van der Waals surface area contributed by atoms with E-state index in [9.17, 15) is 0 Å². The van der Waals surface area contributed by atoms with Crippen molar-refractivity contribution in [2.75, 3.05) is 7.11 Å². The van der Waals surface area contributed by atoms with Gasteiger partial charge in [0.15, 0.2) is 0 Å². The normalized spacial score (nSPS) is 13.7. The maximum Gasteiger partial charge on any atom is 0.119 e. The Kier molecular flexibility index (Phi) is 3.75. The molecule has 1 aromatic rings. The molecule has 1 aromatic carbocycles. The minimum absolute atomic E-state index is 0.0834. The lowest BCUT2D eigenvalue weighted by Crippen LogP contribution is -2.18. The Hall–Kier alpha value is -1.02. The number of rotatable bonds is 3. The van der Waals surface area contributed by atoms with Crippen LogP contribution in [0.2, 0.25) is 0 Å². The molecule has 2 heteroatoms. The van der Waals surface area contributed by atoms with Crippen molar-refractivity contribution in [2.45, 2.75) is 33.2 Å². The molecule has 0 amide bonds. The third-order valence-corrected chi connectivity index (χ3v) is 2.35. The van der Waals surface area contributed by atoms with E-state index in [4.69, 9.17) is 10.5 Å². The maximum atomic E-state index is 6.15. The van der Waals surface area contributed by atoms with Crippen LogP contribution in [0.15, 0.2) is 24.3 Å². The zero-order valence-corrected chi connectivity index (χ0v) is 10.1. The van der Waals surface area contributed by atoms with E-state index < -0.39 is 0 Å². The average molecular weight is 207 g/mol. The lowest BCUT2D eigenvalue weighted by Gasteiger charge is -2.23. The van der Waals surface area contributed by atoms with E-state index in [1.807, 2.05) is 18.2 Å². The van der Waals surface area contributed by atoms with Gasteiger partial charge in [0.1, 0.15) is 5.75 Å². The van der Waals surface area contributed by atoms with Crippen molar-refractivity contribution in [1.29, 1.82) is 0 Å². The summed E-state index contributed by atoms with van der Waals surface area (Å²) < 4.78 is 5.18. The first-order chi connectivity index (χ1) is 6.92. The lowest BCUT2D eigenvalue weighted by atomic mass is 9.86. The quantitative estimate of drug-likeness (QED) is 0.826. The summed E-state index contributed by atoms with van der Waals surface area (Å²) in [4.78, 5) is 0. The molecule has 0 aromatic heterocycles. The Morgan fingerprint density at radius 2 is 2.00 bits per heavy atom. The number of methoxy groups -OCH3 is 1. The molecule has 2 N–H and O–H groups in total. The molecule has 0 heterocycles. The van der Waals surface area contributed by atoms with Crippen LogP contribution in [0.1, 0.15) is 38.8 Å². The van der Waals surface area contributed by atoms with Crippen molar-refractivity contribution in [3.05, 3.63) is 29.8 Å². The van der Waals surface area contributed by atoms with Crippen LogP contribution in [0.5, 0.6) is 5.75 Å². The van der Waals surface area contributed by atoms with Crippen molar-refractivity contribution in [1.82, 2.24) is 0 Å². The molecular weight excluding hydrogens is 186 g/mol. The molecule has 0 fully saturated rings. The summed E-state index contributed by atoms with van der Waals surface area (Å²) in [7, 11) is 1.67. The van der Waals surface area contributed by atoms with Crippen molar-refractivity contribution in [3.63, 3.8) is 0 Å². The molecule has 2 nitrogen and oxygen atoms in total. The Bertz CT molecular complexity index is 315. The Morgan fingerprint density at radius 3 is 2.53 bits per heavy atom.